The van der Waals surface area contributed by atoms with Gasteiger partial charge in [0.25, 0.3) is 0 Å². The molecule has 2 fully saturated rings. The molecule has 3 heterocycles. The first-order valence-electron chi connectivity index (χ1n) is 12.4. The molecule has 186 valence electrons. The second-order valence-electron chi connectivity index (χ2n) is 9.63. The summed E-state index contributed by atoms with van der Waals surface area (Å²) >= 11 is 0. The van der Waals surface area contributed by atoms with E-state index in [1.807, 2.05) is 36.4 Å². The summed E-state index contributed by atoms with van der Waals surface area (Å²) in [5.41, 5.74) is 2.34. The molecule has 0 aromatic heterocycles. The molecule has 0 bridgehead atoms. The molecule has 8 nitrogen and oxygen atoms in total. The number of hydrogen-bond donors (Lipinski definition) is 0. The number of benzene rings is 2. The van der Waals surface area contributed by atoms with Crippen LogP contribution >= 0.6 is 0 Å². The third-order valence-electron chi connectivity index (χ3n) is 7.29. The summed E-state index contributed by atoms with van der Waals surface area (Å²) in [6.07, 6.45) is 4.38. The van der Waals surface area contributed by atoms with Gasteiger partial charge in [0.2, 0.25) is 21.8 Å². The van der Waals surface area contributed by atoms with Crippen LogP contribution in [0.3, 0.4) is 0 Å². The van der Waals surface area contributed by atoms with E-state index in [0.717, 1.165) is 49.9 Å². The zero-order valence-electron chi connectivity index (χ0n) is 20.1. The molecule has 0 saturated carbocycles. The molecule has 35 heavy (non-hydrogen) atoms. The Kier molecular flexibility index (Phi) is 6.55. The van der Waals surface area contributed by atoms with Crippen LogP contribution in [0.2, 0.25) is 0 Å². The summed E-state index contributed by atoms with van der Waals surface area (Å²) in [4.78, 5) is 32.2. The predicted octanol–water partition coefficient (Wildman–Crippen LogP) is 2.84. The van der Waals surface area contributed by atoms with Crippen molar-refractivity contribution in [3.05, 3.63) is 54.1 Å². The zero-order valence-corrected chi connectivity index (χ0v) is 20.9. The molecule has 3 aliphatic heterocycles. The topological polar surface area (TPSA) is 81.2 Å². The van der Waals surface area contributed by atoms with E-state index in [2.05, 4.69) is 4.90 Å². The van der Waals surface area contributed by atoms with Crippen LogP contribution in [0.25, 0.3) is 0 Å². The van der Waals surface area contributed by atoms with Crippen LogP contribution in [0.4, 0.5) is 11.4 Å². The van der Waals surface area contributed by atoms with Gasteiger partial charge < -0.3 is 9.80 Å². The van der Waals surface area contributed by atoms with Crippen LogP contribution in [0.15, 0.2) is 53.4 Å². The van der Waals surface area contributed by atoms with Gasteiger partial charge in [-0.05, 0) is 55.9 Å². The zero-order chi connectivity index (χ0) is 24.6. The van der Waals surface area contributed by atoms with Gasteiger partial charge in [-0.15, -0.1) is 0 Å². The molecule has 2 saturated heterocycles. The van der Waals surface area contributed by atoms with Gasteiger partial charge in [0.1, 0.15) is 12.6 Å². The minimum atomic E-state index is -3.65. The molecule has 9 heteroatoms. The number of hydrogen-bond acceptors (Lipinski definition) is 5. The monoisotopic (exact) mass is 496 g/mol. The van der Waals surface area contributed by atoms with Crippen molar-refractivity contribution < 1.29 is 18.0 Å². The molecule has 0 unspecified atom stereocenters. The van der Waals surface area contributed by atoms with E-state index in [4.69, 9.17) is 0 Å². The molecular formula is C26H32N4O4S. The molecule has 2 amide bonds. The lowest BCUT2D eigenvalue weighted by atomic mass is 9.96. The molecule has 0 aliphatic carbocycles. The summed E-state index contributed by atoms with van der Waals surface area (Å²) in [5, 5.41) is 0. The second kappa shape index (κ2) is 9.62. The van der Waals surface area contributed by atoms with Crippen molar-refractivity contribution in [2.45, 2.75) is 49.6 Å². The molecule has 0 N–H and O–H groups in total. The van der Waals surface area contributed by atoms with Crippen LogP contribution in [0, 0.1) is 0 Å². The summed E-state index contributed by atoms with van der Waals surface area (Å²) < 4.78 is 28.0. The Hall–Kier alpha value is -2.91. The SMILES string of the molecule is CN(Cc1ccccc1)C(=O)CN1C(=O)[C@H]2CCCCN2c2ccc(S(=O)(=O)N3CCCC3)cc21. The van der Waals surface area contributed by atoms with Gasteiger partial charge in [0.05, 0.1) is 16.3 Å². The first-order chi connectivity index (χ1) is 16.9. The highest BCUT2D eigenvalue weighted by Gasteiger charge is 2.41. The quantitative estimate of drug-likeness (QED) is 0.614. The van der Waals surface area contributed by atoms with Crippen LogP contribution in [-0.2, 0) is 26.2 Å². The normalized spacial score (nSPS) is 20.5. The molecule has 3 aliphatic rings. The van der Waals surface area contributed by atoms with E-state index < -0.39 is 10.0 Å². The number of carbonyl (C=O) groups excluding carboxylic acids is 2. The van der Waals surface area contributed by atoms with Crippen molar-refractivity contribution in [2.75, 3.05) is 43.0 Å². The molecule has 0 radical (unpaired) electrons. The van der Waals surface area contributed by atoms with Crippen molar-refractivity contribution in [1.29, 1.82) is 0 Å². The molecule has 2 aromatic carbocycles. The maximum Gasteiger partial charge on any atom is 0.250 e. The number of amides is 2. The van der Waals surface area contributed by atoms with Gasteiger partial charge in [-0.25, -0.2) is 8.42 Å². The summed E-state index contributed by atoms with van der Waals surface area (Å²) in [7, 11) is -1.92. The standard InChI is InChI=1S/C26H32N4O4S/c1-27(18-20-9-3-2-4-10-20)25(31)19-30-24-17-21(35(33,34)28-14-7-8-15-28)12-13-22(24)29-16-6-5-11-23(29)26(30)32/h2-4,9-10,12-13,17,23H,5-8,11,14-16,18-19H2,1H3/t23-/m1/s1. The lowest BCUT2D eigenvalue weighted by Crippen LogP contribution is -2.57. The second-order valence-corrected chi connectivity index (χ2v) is 11.6. The van der Waals surface area contributed by atoms with Gasteiger partial charge in [-0.3, -0.25) is 14.5 Å². The van der Waals surface area contributed by atoms with Crippen LogP contribution in [-0.4, -0.2) is 68.7 Å². The number of sulfonamides is 1. The minimum absolute atomic E-state index is 0.118. The number of piperidine rings is 1. The van der Waals surface area contributed by atoms with Gasteiger partial charge in [-0.2, -0.15) is 4.31 Å². The summed E-state index contributed by atoms with van der Waals surface area (Å²) in [5.74, 6) is -0.320. The maximum absolute atomic E-state index is 13.6. The molecule has 1 atom stereocenters. The van der Waals surface area contributed by atoms with Gasteiger partial charge >= 0.3 is 0 Å². The number of rotatable bonds is 6. The van der Waals surface area contributed by atoms with Crippen molar-refractivity contribution in [2.24, 2.45) is 0 Å². The fraction of sp³-hybridized carbons (Fsp3) is 0.462. The first kappa shape index (κ1) is 23.8. The van der Waals surface area contributed by atoms with E-state index in [1.54, 1.807) is 24.1 Å². The first-order valence-corrected chi connectivity index (χ1v) is 13.8. The number of likely N-dealkylation sites (N-methyl/N-ethyl adjacent to an activating group) is 1. The minimum Gasteiger partial charge on any atom is -0.358 e. The van der Waals surface area contributed by atoms with E-state index in [1.165, 1.54) is 9.21 Å². The van der Waals surface area contributed by atoms with Crippen LogP contribution < -0.4 is 9.80 Å². The fourth-order valence-corrected chi connectivity index (χ4v) is 6.88. The Morgan fingerprint density at radius 1 is 0.971 bits per heavy atom. The Balaban J connectivity index is 1.47. The van der Waals surface area contributed by atoms with Crippen LogP contribution in [0.5, 0.6) is 0 Å². The Labute approximate surface area is 207 Å². The average Bonchev–Trinajstić information content (AvgIpc) is 3.43. The number of nitrogens with zero attached hydrogens (tertiary/aromatic N) is 4. The van der Waals surface area contributed by atoms with E-state index in [9.17, 15) is 18.0 Å². The van der Waals surface area contributed by atoms with E-state index in [-0.39, 0.29) is 29.3 Å². The Bertz CT molecular complexity index is 1210. The third kappa shape index (κ3) is 4.54. The molecule has 2 aromatic rings. The van der Waals surface area contributed by atoms with Crippen molar-refractivity contribution >= 4 is 33.2 Å². The predicted molar refractivity (Wildman–Crippen MR) is 135 cm³/mol. The van der Waals surface area contributed by atoms with Gasteiger partial charge in [-0.1, -0.05) is 30.3 Å². The number of anilines is 2. The van der Waals surface area contributed by atoms with Crippen molar-refractivity contribution in [3.63, 3.8) is 0 Å². The number of fused-ring (bicyclic) bond motifs is 3. The van der Waals surface area contributed by atoms with Gasteiger partial charge in [0, 0.05) is 33.2 Å². The Morgan fingerprint density at radius 2 is 1.69 bits per heavy atom. The average molecular weight is 497 g/mol. The highest BCUT2D eigenvalue weighted by Crippen LogP contribution is 2.41. The lowest BCUT2D eigenvalue weighted by molar-refractivity contribution is -0.131. The maximum atomic E-state index is 13.6. The van der Waals surface area contributed by atoms with E-state index in [0.29, 0.717) is 25.3 Å². The third-order valence-corrected chi connectivity index (χ3v) is 9.18. The van der Waals surface area contributed by atoms with Crippen molar-refractivity contribution in [3.8, 4) is 0 Å². The highest BCUT2D eigenvalue weighted by atomic mass is 32.2. The fourth-order valence-electron chi connectivity index (χ4n) is 5.34. The lowest BCUT2D eigenvalue weighted by Gasteiger charge is -2.45. The van der Waals surface area contributed by atoms with Crippen LogP contribution in [0.1, 0.15) is 37.7 Å². The Morgan fingerprint density at radius 3 is 2.43 bits per heavy atom. The summed E-state index contributed by atoms with van der Waals surface area (Å²) in [6, 6.07) is 14.4. The summed E-state index contributed by atoms with van der Waals surface area (Å²) in [6.45, 7) is 2.09. The van der Waals surface area contributed by atoms with Gasteiger partial charge in [0.15, 0.2) is 0 Å². The molecule has 0 spiro atoms. The largest absolute Gasteiger partial charge is 0.358 e. The highest BCUT2D eigenvalue weighted by molar-refractivity contribution is 7.89. The molecule has 5 rings (SSSR count). The molecular weight excluding hydrogens is 464 g/mol. The number of carbonyl (C=O) groups is 2. The smallest absolute Gasteiger partial charge is 0.250 e. The van der Waals surface area contributed by atoms with E-state index >= 15 is 0 Å². The van der Waals surface area contributed by atoms with Crippen molar-refractivity contribution in [1.82, 2.24) is 9.21 Å².